The number of hydrogen-bond donors (Lipinski definition) is 2. The van der Waals surface area contributed by atoms with Crippen molar-refractivity contribution in [3.8, 4) is 0 Å². The lowest BCUT2D eigenvalue weighted by Crippen LogP contribution is -2.33. The molecule has 0 fully saturated rings. The molecule has 6 nitrogen and oxygen atoms in total. The van der Waals surface area contributed by atoms with Crippen molar-refractivity contribution in [2.45, 2.75) is 46.8 Å². The quantitative estimate of drug-likeness (QED) is 0.744. The lowest BCUT2D eigenvalue weighted by atomic mass is 10.2. The number of aromatic nitrogens is 3. The van der Waals surface area contributed by atoms with E-state index in [4.69, 9.17) is 0 Å². The molecule has 1 amide bonds. The smallest absolute Gasteiger partial charge is 0.241 e. The summed E-state index contributed by atoms with van der Waals surface area (Å²) in [5.74, 6) is 0.563. The van der Waals surface area contributed by atoms with Crippen LogP contribution in [0.4, 0.5) is 0 Å². The zero-order valence-corrected chi connectivity index (χ0v) is 11.6. The summed E-state index contributed by atoms with van der Waals surface area (Å²) >= 11 is 0. The SMILES string of the molecule is CC(C)CNCc1cn(CC(=O)NC(C)C)nn1. The van der Waals surface area contributed by atoms with Gasteiger partial charge in [-0.15, -0.1) is 5.10 Å². The van der Waals surface area contributed by atoms with Crippen molar-refractivity contribution < 1.29 is 4.79 Å². The Labute approximate surface area is 108 Å². The fraction of sp³-hybridized carbons (Fsp3) is 0.750. The van der Waals surface area contributed by atoms with Crippen molar-refractivity contribution in [1.29, 1.82) is 0 Å². The van der Waals surface area contributed by atoms with Crippen LogP contribution in [0.5, 0.6) is 0 Å². The topological polar surface area (TPSA) is 71.8 Å². The van der Waals surface area contributed by atoms with E-state index in [2.05, 4.69) is 34.8 Å². The van der Waals surface area contributed by atoms with E-state index in [0.29, 0.717) is 12.5 Å². The second-order valence-electron chi connectivity index (χ2n) is 5.15. The van der Waals surface area contributed by atoms with E-state index >= 15 is 0 Å². The summed E-state index contributed by atoms with van der Waals surface area (Å²) in [6, 6.07) is 0.146. The number of hydrogen-bond acceptors (Lipinski definition) is 4. The molecule has 2 N–H and O–H groups in total. The Morgan fingerprint density at radius 2 is 2.11 bits per heavy atom. The van der Waals surface area contributed by atoms with Crippen molar-refractivity contribution >= 4 is 5.91 Å². The summed E-state index contributed by atoms with van der Waals surface area (Å²) in [5.41, 5.74) is 0.855. The minimum atomic E-state index is -0.0448. The van der Waals surface area contributed by atoms with Crippen LogP contribution in [0.2, 0.25) is 0 Å². The first kappa shape index (κ1) is 14.6. The predicted molar refractivity (Wildman–Crippen MR) is 69.8 cm³/mol. The normalized spacial score (nSPS) is 11.2. The van der Waals surface area contributed by atoms with Crippen molar-refractivity contribution in [2.75, 3.05) is 6.54 Å². The van der Waals surface area contributed by atoms with Crippen LogP contribution in [0.25, 0.3) is 0 Å². The van der Waals surface area contributed by atoms with Crippen LogP contribution in [-0.4, -0.2) is 33.5 Å². The van der Waals surface area contributed by atoms with Gasteiger partial charge in [-0.05, 0) is 26.3 Å². The van der Waals surface area contributed by atoms with Gasteiger partial charge in [0.2, 0.25) is 5.91 Å². The molecule has 0 saturated heterocycles. The fourth-order valence-corrected chi connectivity index (χ4v) is 1.50. The highest BCUT2D eigenvalue weighted by Crippen LogP contribution is 1.94. The van der Waals surface area contributed by atoms with E-state index in [1.165, 1.54) is 0 Å². The lowest BCUT2D eigenvalue weighted by Gasteiger charge is -2.07. The molecule has 18 heavy (non-hydrogen) atoms. The molecule has 0 spiro atoms. The molecular formula is C12H23N5O. The Morgan fingerprint density at radius 1 is 1.39 bits per heavy atom. The van der Waals surface area contributed by atoms with Gasteiger partial charge in [0.1, 0.15) is 6.54 Å². The molecule has 1 aromatic rings. The zero-order valence-electron chi connectivity index (χ0n) is 11.6. The van der Waals surface area contributed by atoms with Crippen LogP contribution in [0, 0.1) is 5.92 Å². The van der Waals surface area contributed by atoms with Crippen molar-refractivity contribution in [3.63, 3.8) is 0 Å². The Morgan fingerprint density at radius 3 is 2.72 bits per heavy atom. The van der Waals surface area contributed by atoms with Gasteiger partial charge in [-0.2, -0.15) is 0 Å². The molecule has 102 valence electrons. The Bertz CT molecular complexity index is 372. The Balaban J connectivity index is 2.36. The molecule has 0 radical (unpaired) electrons. The summed E-state index contributed by atoms with van der Waals surface area (Å²) in [7, 11) is 0. The number of rotatable bonds is 7. The highest BCUT2D eigenvalue weighted by Gasteiger charge is 2.07. The molecule has 0 atom stereocenters. The first-order valence-electron chi connectivity index (χ1n) is 6.36. The van der Waals surface area contributed by atoms with E-state index in [9.17, 15) is 4.79 Å². The minimum Gasteiger partial charge on any atom is -0.352 e. The van der Waals surface area contributed by atoms with Crippen LogP contribution in [0.3, 0.4) is 0 Å². The van der Waals surface area contributed by atoms with E-state index in [0.717, 1.165) is 12.2 Å². The van der Waals surface area contributed by atoms with Gasteiger partial charge < -0.3 is 10.6 Å². The molecule has 0 unspecified atom stereocenters. The largest absolute Gasteiger partial charge is 0.352 e. The maximum absolute atomic E-state index is 11.5. The van der Waals surface area contributed by atoms with Gasteiger partial charge in [0.05, 0.1) is 11.9 Å². The average Bonchev–Trinajstić information content (AvgIpc) is 2.63. The summed E-state index contributed by atoms with van der Waals surface area (Å²) in [4.78, 5) is 11.5. The van der Waals surface area contributed by atoms with Gasteiger partial charge in [0.15, 0.2) is 0 Å². The number of amides is 1. The molecule has 0 saturated carbocycles. The molecule has 1 rings (SSSR count). The molecule has 0 aliphatic rings. The molecule has 0 aliphatic heterocycles. The third-order valence-electron chi connectivity index (χ3n) is 2.20. The molecular weight excluding hydrogens is 230 g/mol. The Kier molecular flexibility index (Phi) is 5.77. The third-order valence-corrected chi connectivity index (χ3v) is 2.20. The monoisotopic (exact) mass is 253 g/mol. The number of carbonyl (C=O) groups excluding carboxylic acids is 1. The van der Waals surface area contributed by atoms with Gasteiger partial charge in [0.25, 0.3) is 0 Å². The van der Waals surface area contributed by atoms with Crippen molar-refractivity contribution in [3.05, 3.63) is 11.9 Å². The summed E-state index contributed by atoms with van der Waals surface area (Å²) in [6.45, 7) is 10.0. The van der Waals surface area contributed by atoms with Gasteiger partial charge in [-0.25, -0.2) is 4.68 Å². The summed E-state index contributed by atoms with van der Waals surface area (Å²) in [6.07, 6.45) is 1.80. The van der Waals surface area contributed by atoms with E-state index in [1.807, 2.05) is 13.8 Å². The van der Waals surface area contributed by atoms with Crippen molar-refractivity contribution in [2.24, 2.45) is 5.92 Å². The predicted octanol–water partition coefficient (Wildman–Crippen LogP) is 0.548. The average molecular weight is 253 g/mol. The zero-order chi connectivity index (χ0) is 13.5. The first-order chi connectivity index (χ1) is 8.47. The fourth-order valence-electron chi connectivity index (χ4n) is 1.50. The van der Waals surface area contributed by atoms with E-state index in [-0.39, 0.29) is 18.5 Å². The number of carbonyl (C=O) groups is 1. The van der Waals surface area contributed by atoms with Crippen LogP contribution >= 0.6 is 0 Å². The first-order valence-corrected chi connectivity index (χ1v) is 6.36. The molecule has 0 bridgehead atoms. The molecule has 0 aromatic carbocycles. The van der Waals surface area contributed by atoms with Gasteiger partial charge in [-0.3, -0.25) is 4.79 Å². The van der Waals surface area contributed by atoms with Crippen molar-refractivity contribution in [1.82, 2.24) is 25.6 Å². The van der Waals surface area contributed by atoms with Gasteiger partial charge >= 0.3 is 0 Å². The Hall–Kier alpha value is -1.43. The maximum Gasteiger partial charge on any atom is 0.241 e. The van der Waals surface area contributed by atoms with Crippen LogP contribution in [0.1, 0.15) is 33.4 Å². The van der Waals surface area contributed by atoms with Gasteiger partial charge in [-0.1, -0.05) is 19.1 Å². The van der Waals surface area contributed by atoms with Crippen LogP contribution in [-0.2, 0) is 17.9 Å². The highest BCUT2D eigenvalue weighted by atomic mass is 16.2. The summed E-state index contributed by atoms with van der Waals surface area (Å²) < 4.78 is 1.56. The second kappa shape index (κ2) is 7.10. The van der Waals surface area contributed by atoms with E-state index < -0.39 is 0 Å². The molecule has 1 heterocycles. The number of nitrogens with zero attached hydrogens (tertiary/aromatic N) is 3. The minimum absolute atomic E-state index is 0.0448. The van der Waals surface area contributed by atoms with Gasteiger partial charge in [0, 0.05) is 12.6 Å². The van der Waals surface area contributed by atoms with Crippen LogP contribution < -0.4 is 10.6 Å². The number of nitrogens with one attached hydrogen (secondary N) is 2. The maximum atomic E-state index is 11.5. The highest BCUT2D eigenvalue weighted by molar-refractivity contribution is 5.75. The second-order valence-corrected chi connectivity index (χ2v) is 5.15. The van der Waals surface area contributed by atoms with E-state index in [1.54, 1.807) is 10.9 Å². The summed E-state index contributed by atoms with van der Waals surface area (Å²) in [5, 5.41) is 14.0. The lowest BCUT2D eigenvalue weighted by molar-refractivity contribution is -0.122. The molecule has 6 heteroatoms. The standard InChI is InChI=1S/C12H23N5O/c1-9(2)5-13-6-11-7-17(16-15-11)8-12(18)14-10(3)4/h7,9-10,13H,5-6,8H2,1-4H3,(H,14,18). The third kappa shape index (κ3) is 5.77. The molecule has 1 aromatic heterocycles. The molecule has 0 aliphatic carbocycles. The van der Waals surface area contributed by atoms with Crippen LogP contribution in [0.15, 0.2) is 6.20 Å².